The molecule has 2 aliphatic heterocycles. The molecule has 0 bridgehead atoms. The number of sulfone groups is 1. The molecule has 1 saturated heterocycles. The van der Waals surface area contributed by atoms with Crippen LogP contribution < -0.4 is 9.47 Å². The number of fused-ring (bicyclic) bond motifs is 1. The third-order valence-corrected chi connectivity index (χ3v) is 9.43. The van der Waals surface area contributed by atoms with Crippen LogP contribution >= 0.6 is 11.6 Å². The maximum atomic E-state index is 14.8. The molecule has 2 aromatic heterocycles. The van der Waals surface area contributed by atoms with E-state index in [0.717, 1.165) is 24.7 Å². The van der Waals surface area contributed by atoms with Gasteiger partial charge >= 0.3 is 6.18 Å². The molecule has 0 radical (unpaired) electrons. The van der Waals surface area contributed by atoms with E-state index in [1.165, 1.54) is 12.3 Å². The van der Waals surface area contributed by atoms with Gasteiger partial charge in [0.2, 0.25) is 5.82 Å². The lowest BCUT2D eigenvalue weighted by molar-refractivity contribution is -0.144. The van der Waals surface area contributed by atoms with E-state index in [1.807, 2.05) is 17.2 Å². The highest BCUT2D eigenvalue weighted by molar-refractivity contribution is 7.90. The molecule has 6 rings (SSSR count). The highest BCUT2D eigenvalue weighted by atomic mass is 35.5. The molecule has 4 heterocycles. The molecule has 1 N–H and O–H groups in total. The van der Waals surface area contributed by atoms with Gasteiger partial charge in [-0.15, -0.1) is 0 Å². The Labute approximate surface area is 267 Å². The molecule has 0 saturated carbocycles. The maximum absolute atomic E-state index is 14.8. The molecule has 46 heavy (non-hydrogen) atoms. The Balaban J connectivity index is 1.17. The third-order valence-electron chi connectivity index (χ3n) is 8.25. The first-order chi connectivity index (χ1) is 21.7. The number of alkyl halides is 3. The summed E-state index contributed by atoms with van der Waals surface area (Å²) >= 11 is 5.94. The van der Waals surface area contributed by atoms with Crippen LogP contribution in [-0.2, 0) is 34.8 Å². The van der Waals surface area contributed by atoms with Crippen molar-refractivity contribution in [1.29, 1.82) is 0 Å². The zero-order chi connectivity index (χ0) is 32.9. The monoisotopic (exact) mass is 679 g/mol. The fourth-order valence-corrected chi connectivity index (χ4v) is 6.63. The van der Waals surface area contributed by atoms with Crippen molar-refractivity contribution in [2.45, 2.75) is 50.6 Å². The summed E-state index contributed by atoms with van der Waals surface area (Å²) in [6, 6.07) is 11.6. The minimum atomic E-state index is -4.68. The van der Waals surface area contributed by atoms with Gasteiger partial charge in [0.25, 0.3) is 5.79 Å². The van der Waals surface area contributed by atoms with Gasteiger partial charge in [0.15, 0.2) is 17.3 Å². The molecule has 1 atom stereocenters. The molecule has 2 aliphatic rings. The lowest BCUT2D eigenvalue weighted by Gasteiger charge is -2.33. The number of rotatable bonds is 8. The minimum Gasteiger partial charge on any atom is -0.444 e. The van der Waals surface area contributed by atoms with E-state index in [1.54, 1.807) is 31.2 Å². The molecule has 15 heteroatoms. The molecule has 4 aromatic rings. The molecular formula is C31H30ClF4N5O4S. The molecule has 244 valence electrons. The summed E-state index contributed by atoms with van der Waals surface area (Å²) in [7, 11) is -3.31. The van der Waals surface area contributed by atoms with Crippen LogP contribution in [0.2, 0.25) is 5.02 Å². The number of ether oxygens (including phenoxy) is 2. The number of piperidine rings is 1. The van der Waals surface area contributed by atoms with Crippen LogP contribution in [0.25, 0.3) is 11.4 Å². The highest BCUT2D eigenvalue weighted by Gasteiger charge is 2.43. The lowest BCUT2D eigenvalue weighted by atomic mass is 9.88. The second-order valence-electron chi connectivity index (χ2n) is 11.7. The van der Waals surface area contributed by atoms with Gasteiger partial charge in [-0.05, 0) is 74.2 Å². The number of H-pyrrole nitrogens is 1. The van der Waals surface area contributed by atoms with Gasteiger partial charge in [-0.25, -0.2) is 17.8 Å². The van der Waals surface area contributed by atoms with E-state index < -0.39 is 33.4 Å². The van der Waals surface area contributed by atoms with Crippen molar-refractivity contribution in [3.8, 4) is 22.9 Å². The number of nitrogens with zero attached hydrogens (tertiary/aromatic N) is 4. The quantitative estimate of drug-likeness (QED) is 0.217. The van der Waals surface area contributed by atoms with Gasteiger partial charge in [-0.3, -0.25) is 15.0 Å². The Bertz CT molecular complexity index is 1880. The number of pyridine rings is 1. The van der Waals surface area contributed by atoms with Crippen molar-refractivity contribution >= 4 is 21.4 Å². The van der Waals surface area contributed by atoms with Gasteiger partial charge in [0.05, 0.1) is 17.0 Å². The number of halogens is 5. The smallest absolute Gasteiger partial charge is 0.444 e. The molecule has 1 unspecified atom stereocenters. The molecule has 0 aliphatic carbocycles. The van der Waals surface area contributed by atoms with Gasteiger partial charge < -0.3 is 9.47 Å². The van der Waals surface area contributed by atoms with E-state index in [0.29, 0.717) is 42.4 Å². The summed E-state index contributed by atoms with van der Waals surface area (Å²) < 4.78 is 90.3. The zero-order valence-corrected chi connectivity index (χ0v) is 26.4. The summed E-state index contributed by atoms with van der Waals surface area (Å²) in [4.78, 5) is 10.3. The van der Waals surface area contributed by atoms with Crippen molar-refractivity contribution in [2.75, 3.05) is 25.1 Å². The standard InChI is InChI=1S/C31H30ClF4N5O4S/c1-30(23-7-6-21(32)15-24(23)33)44-26-5-3-4-22(27(26)45-30)18-8-11-41(12-9-18)17-25-19(10-13-46(2,42)43)14-20(16-37-25)28-38-29(40-39-28)31(34,35)36/h3-7,14-16,18H,8-13,17H2,1-2H3,(H,38,39,40). The van der Waals surface area contributed by atoms with Gasteiger partial charge in [0.1, 0.15) is 15.7 Å². The summed E-state index contributed by atoms with van der Waals surface area (Å²) in [5, 5.41) is 5.84. The van der Waals surface area contributed by atoms with Crippen molar-refractivity contribution in [3.63, 3.8) is 0 Å². The van der Waals surface area contributed by atoms with Crippen molar-refractivity contribution in [1.82, 2.24) is 25.1 Å². The average Bonchev–Trinajstić information content (AvgIpc) is 3.62. The fourth-order valence-electron chi connectivity index (χ4n) is 5.88. The van der Waals surface area contributed by atoms with Crippen molar-refractivity contribution in [2.24, 2.45) is 0 Å². The molecule has 0 amide bonds. The van der Waals surface area contributed by atoms with Crippen LogP contribution in [0.1, 0.15) is 53.9 Å². The second-order valence-corrected chi connectivity index (χ2v) is 14.4. The van der Waals surface area contributed by atoms with Crippen LogP contribution in [-0.4, -0.2) is 58.6 Å². The normalized spacial score (nSPS) is 19.1. The summed E-state index contributed by atoms with van der Waals surface area (Å²) in [5.74, 6) is -2.17. The van der Waals surface area contributed by atoms with Gasteiger partial charge in [-0.1, -0.05) is 23.7 Å². The predicted molar refractivity (Wildman–Crippen MR) is 162 cm³/mol. The Morgan fingerprint density at radius 1 is 1.13 bits per heavy atom. The van der Waals surface area contributed by atoms with Crippen molar-refractivity contribution in [3.05, 3.63) is 87.7 Å². The second kappa shape index (κ2) is 12.1. The summed E-state index contributed by atoms with van der Waals surface area (Å²) in [6.45, 7) is 3.49. The van der Waals surface area contributed by atoms with Gasteiger partial charge in [-0.2, -0.15) is 18.3 Å². The fraction of sp³-hybridized carbons (Fsp3) is 0.387. The number of nitrogens with one attached hydrogen (secondary N) is 1. The lowest BCUT2D eigenvalue weighted by Crippen LogP contribution is -2.34. The first-order valence-corrected chi connectivity index (χ1v) is 17.0. The highest BCUT2D eigenvalue weighted by Crippen LogP contribution is 2.50. The zero-order valence-electron chi connectivity index (χ0n) is 24.9. The number of hydrogen-bond donors (Lipinski definition) is 1. The molecule has 2 aromatic carbocycles. The Kier molecular flexibility index (Phi) is 8.49. The number of para-hydroxylation sites is 1. The van der Waals surface area contributed by atoms with E-state index in [2.05, 4.69) is 20.0 Å². The SMILES string of the molecule is CC1(c2ccc(Cl)cc2F)Oc2cccc(C3CCN(Cc4ncc(-c5n[nH]c(C(F)(F)F)n5)cc4CCS(C)(=O)=O)CC3)c2O1. The van der Waals surface area contributed by atoms with Crippen molar-refractivity contribution < 1.29 is 35.5 Å². The van der Waals surface area contributed by atoms with E-state index in [-0.39, 0.29) is 40.1 Å². The number of aryl methyl sites for hydroxylation is 1. The van der Waals surface area contributed by atoms with E-state index >= 15 is 0 Å². The largest absolute Gasteiger partial charge is 0.451 e. The first kappa shape index (κ1) is 32.2. The molecule has 0 spiro atoms. The number of hydrogen-bond acceptors (Lipinski definition) is 8. The van der Waals surface area contributed by atoms with Gasteiger partial charge in [0, 0.05) is 42.1 Å². The van der Waals surface area contributed by atoms with E-state index in [9.17, 15) is 26.0 Å². The number of aromatic nitrogens is 4. The van der Waals surface area contributed by atoms with Crippen LogP contribution in [0, 0.1) is 5.82 Å². The van der Waals surface area contributed by atoms with E-state index in [4.69, 9.17) is 21.1 Å². The number of aromatic amines is 1. The summed E-state index contributed by atoms with van der Waals surface area (Å²) in [5.41, 5.74) is 2.70. The number of likely N-dealkylation sites (tertiary alicyclic amines) is 1. The first-order valence-electron chi connectivity index (χ1n) is 14.5. The predicted octanol–water partition coefficient (Wildman–Crippen LogP) is 6.29. The number of benzene rings is 2. The molecular weight excluding hydrogens is 650 g/mol. The molecule has 1 fully saturated rings. The Hall–Kier alpha value is -3.75. The minimum absolute atomic E-state index is 0.140. The maximum Gasteiger partial charge on any atom is 0.451 e. The van der Waals surface area contributed by atoms with Crippen LogP contribution in [0.5, 0.6) is 11.5 Å². The van der Waals surface area contributed by atoms with Crippen LogP contribution in [0.15, 0.2) is 48.7 Å². The Morgan fingerprint density at radius 3 is 2.57 bits per heavy atom. The van der Waals surface area contributed by atoms with Crippen LogP contribution in [0.3, 0.4) is 0 Å². The Morgan fingerprint density at radius 2 is 1.89 bits per heavy atom. The average molecular weight is 680 g/mol. The molecule has 9 nitrogen and oxygen atoms in total. The topological polar surface area (TPSA) is 110 Å². The van der Waals surface area contributed by atoms with Crippen LogP contribution in [0.4, 0.5) is 17.6 Å². The summed E-state index contributed by atoms with van der Waals surface area (Å²) in [6.07, 6.45) is -0.455. The third kappa shape index (κ3) is 6.83.